The number of carbonyl (C=O) groups is 1. The molecule has 2 N–H and O–H groups in total. The number of piperidine rings is 1. The number of aliphatic hydroxyl groups is 1. The molecule has 3 rings (SSSR count). The van der Waals surface area contributed by atoms with Gasteiger partial charge in [-0.2, -0.15) is 0 Å². The maximum absolute atomic E-state index is 13.1. The number of nitrogens with zero attached hydrogens (tertiary/aromatic N) is 1. The zero-order valence-corrected chi connectivity index (χ0v) is 15.0. The van der Waals surface area contributed by atoms with Gasteiger partial charge in [0.1, 0.15) is 5.82 Å². The summed E-state index contributed by atoms with van der Waals surface area (Å²) in [6, 6.07) is 6.39. The highest BCUT2D eigenvalue weighted by Gasteiger charge is 2.34. The Hall–Kier alpha value is -1.46. The summed E-state index contributed by atoms with van der Waals surface area (Å²) in [5.74, 6) is 0.354. The first-order valence-corrected chi connectivity index (χ1v) is 9.46. The van der Waals surface area contributed by atoms with Crippen molar-refractivity contribution in [2.75, 3.05) is 19.6 Å². The molecule has 2 aliphatic rings. The lowest BCUT2D eigenvalue weighted by molar-refractivity contribution is -0.124. The summed E-state index contributed by atoms with van der Waals surface area (Å²) in [7, 11) is 0. The summed E-state index contributed by atoms with van der Waals surface area (Å²) >= 11 is 0. The molecule has 5 heteroatoms. The third-order valence-electron chi connectivity index (χ3n) is 5.89. The van der Waals surface area contributed by atoms with Gasteiger partial charge in [0.25, 0.3) is 0 Å². The zero-order chi connectivity index (χ0) is 17.9. The smallest absolute Gasteiger partial charge is 0.234 e. The maximum atomic E-state index is 13.1. The van der Waals surface area contributed by atoms with Gasteiger partial charge in [0.2, 0.25) is 5.91 Å². The van der Waals surface area contributed by atoms with E-state index in [4.69, 9.17) is 0 Å². The van der Waals surface area contributed by atoms with Crippen LogP contribution in [-0.4, -0.2) is 41.6 Å². The molecule has 2 fully saturated rings. The first-order chi connectivity index (χ1) is 12.0. The molecule has 1 amide bonds. The third-order valence-corrected chi connectivity index (χ3v) is 5.89. The Morgan fingerprint density at radius 2 is 1.88 bits per heavy atom. The predicted octanol–water partition coefficient (Wildman–Crippen LogP) is 2.80. The van der Waals surface area contributed by atoms with Gasteiger partial charge in [-0.15, -0.1) is 0 Å². The van der Waals surface area contributed by atoms with Gasteiger partial charge in [-0.05, 0) is 49.3 Å². The minimum Gasteiger partial charge on any atom is -0.385 e. The van der Waals surface area contributed by atoms with Crippen LogP contribution in [0.3, 0.4) is 0 Å². The monoisotopic (exact) mass is 348 g/mol. The molecule has 1 aliphatic carbocycles. The molecule has 138 valence electrons. The SMILES string of the molecule is C[C@@H]1CCCC[C@H]1NC(=O)CN1CCC(O)(c2ccc(F)cc2)CC1. The van der Waals surface area contributed by atoms with E-state index in [9.17, 15) is 14.3 Å². The number of benzene rings is 1. The predicted molar refractivity (Wildman–Crippen MR) is 95.5 cm³/mol. The minimum atomic E-state index is -0.918. The fourth-order valence-electron chi connectivity index (χ4n) is 4.12. The molecule has 1 aliphatic heterocycles. The van der Waals surface area contributed by atoms with Crippen molar-refractivity contribution in [1.29, 1.82) is 0 Å². The van der Waals surface area contributed by atoms with Gasteiger partial charge in [0, 0.05) is 19.1 Å². The average molecular weight is 348 g/mol. The van der Waals surface area contributed by atoms with Crippen LogP contribution in [0.4, 0.5) is 4.39 Å². The Labute approximate surface area is 149 Å². The molecule has 1 saturated heterocycles. The number of rotatable bonds is 4. The molecular formula is C20H29FN2O2. The molecular weight excluding hydrogens is 319 g/mol. The van der Waals surface area contributed by atoms with Crippen LogP contribution >= 0.6 is 0 Å². The number of halogens is 1. The summed E-state index contributed by atoms with van der Waals surface area (Å²) < 4.78 is 13.1. The molecule has 1 aromatic carbocycles. The van der Waals surface area contributed by atoms with E-state index in [0.717, 1.165) is 12.0 Å². The second-order valence-corrected chi connectivity index (χ2v) is 7.75. The van der Waals surface area contributed by atoms with E-state index in [1.54, 1.807) is 12.1 Å². The average Bonchev–Trinajstić information content (AvgIpc) is 2.60. The van der Waals surface area contributed by atoms with Gasteiger partial charge >= 0.3 is 0 Å². The highest BCUT2D eigenvalue weighted by molar-refractivity contribution is 5.78. The standard InChI is InChI=1S/C20H29FN2O2/c1-15-4-2-3-5-18(15)22-19(24)14-23-12-10-20(25,11-13-23)16-6-8-17(21)9-7-16/h6-9,15,18,25H,2-5,10-14H2,1H3,(H,22,24)/t15-,18-/m1/s1. The Morgan fingerprint density at radius 3 is 2.52 bits per heavy atom. The normalized spacial score (nSPS) is 27.0. The van der Waals surface area contributed by atoms with Gasteiger partial charge < -0.3 is 10.4 Å². The first kappa shape index (κ1) is 18.3. The van der Waals surface area contributed by atoms with Crippen molar-refractivity contribution in [3.05, 3.63) is 35.6 Å². The lowest BCUT2D eigenvalue weighted by Crippen LogP contribution is -2.49. The van der Waals surface area contributed by atoms with E-state index >= 15 is 0 Å². The van der Waals surface area contributed by atoms with Crippen molar-refractivity contribution in [3.8, 4) is 0 Å². The van der Waals surface area contributed by atoms with Crippen molar-refractivity contribution >= 4 is 5.91 Å². The third kappa shape index (κ3) is 4.59. The van der Waals surface area contributed by atoms with Crippen molar-refractivity contribution in [2.24, 2.45) is 5.92 Å². The molecule has 0 bridgehead atoms. The summed E-state index contributed by atoms with van der Waals surface area (Å²) in [5, 5.41) is 14.0. The molecule has 0 aromatic heterocycles. The highest BCUT2D eigenvalue weighted by atomic mass is 19.1. The lowest BCUT2D eigenvalue weighted by Gasteiger charge is -2.38. The van der Waals surface area contributed by atoms with Crippen LogP contribution in [-0.2, 0) is 10.4 Å². The molecule has 0 unspecified atom stereocenters. The summed E-state index contributed by atoms with van der Waals surface area (Å²) in [6.07, 6.45) is 5.86. The van der Waals surface area contributed by atoms with E-state index in [1.165, 1.54) is 31.4 Å². The van der Waals surface area contributed by atoms with E-state index < -0.39 is 5.60 Å². The first-order valence-electron chi connectivity index (χ1n) is 9.46. The Bertz CT molecular complexity index is 582. The lowest BCUT2D eigenvalue weighted by atomic mass is 9.84. The van der Waals surface area contributed by atoms with Crippen LogP contribution in [0, 0.1) is 11.7 Å². The van der Waals surface area contributed by atoms with E-state index in [1.807, 2.05) is 0 Å². The van der Waals surface area contributed by atoms with Crippen molar-refractivity contribution in [2.45, 2.75) is 57.1 Å². The van der Waals surface area contributed by atoms with Crippen molar-refractivity contribution in [1.82, 2.24) is 10.2 Å². The van der Waals surface area contributed by atoms with Crippen LogP contribution in [0.5, 0.6) is 0 Å². The summed E-state index contributed by atoms with van der Waals surface area (Å²) in [6.45, 7) is 3.94. The summed E-state index contributed by atoms with van der Waals surface area (Å²) in [5.41, 5.74) is -0.160. The summed E-state index contributed by atoms with van der Waals surface area (Å²) in [4.78, 5) is 14.4. The number of nitrogens with one attached hydrogen (secondary N) is 1. The van der Waals surface area contributed by atoms with Crippen LogP contribution < -0.4 is 5.32 Å². The zero-order valence-electron chi connectivity index (χ0n) is 15.0. The van der Waals surface area contributed by atoms with E-state index in [-0.39, 0.29) is 11.7 Å². The highest BCUT2D eigenvalue weighted by Crippen LogP contribution is 2.32. The molecule has 1 aromatic rings. The van der Waals surface area contributed by atoms with Gasteiger partial charge in [-0.3, -0.25) is 9.69 Å². The topological polar surface area (TPSA) is 52.6 Å². The second-order valence-electron chi connectivity index (χ2n) is 7.75. The Balaban J connectivity index is 1.48. The van der Waals surface area contributed by atoms with Gasteiger partial charge in [0.15, 0.2) is 0 Å². The quantitative estimate of drug-likeness (QED) is 0.880. The number of hydrogen-bond acceptors (Lipinski definition) is 3. The Morgan fingerprint density at radius 1 is 1.24 bits per heavy atom. The van der Waals surface area contributed by atoms with Gasteiger partial charge in [-0.1, -0.05) is 31.9 Å². The number of likely N-dealkylation sites (tertiary alicyclic amines) is 1. The second kappa shape index (κ2) is 7.83. The van der Waals surface area contributed by atoms with E-state index in [0.29, 0.717) is 44.4 Å². The van der Waals surface area contributed by atoms with Crippen LogP contribution in [0.1, 0.15) is 51.0 Å². The molecule has 2 atom stereocenters. The molecule has 1 heterocycles. The van der Waals surface area contributed by atoms with Crippen molar-refractivity contribution < 1.29 is 14.3 Å². The molecule has 4 nitrogen and oxygen atoms in total. The van der Waals surface area contributed by atoms with Crippen LogP contribution in [0.2, 0.25) is 0 Å². The molecule has 0 spiro atoms. The number of carbonyl (C=O) groups excluding carboxylic acids is 1. The van der Waals surface area contributed by atoms with E-state index in [2.05, 4.69) is 17.1 Å². The fourth-order valence-corrected chi connectivity index (χ4v) is 4.12. The Kier molecular flexibility index (Phi) is 5.74. The maximum Gasteiger partial charge on any atom is 0.234 e. The fraction of sp³-hybridized carbons (Fsp3) is 0.650. The van der Waals surface area contributed by atoms with Crippen LogP contribution in [0.25, 0.3) is 0 Å². The van der Waals surface area contributed by atoms with Gasteiger partial charge in [-0.25, -0.2) is 4.39 Å². The molecule has 25 heavy (non-hydrogen) atoms. The van der Waals surface area contributed by atoms with Crippen LogP contribution in [0.15, 0.2) is 24.3 Å². The van der Waals surface area contributed by atoms with Crippen molar-refractivity contribution in [3.63, 3.8) is 0 Å². The van der Waals surface area contributed by atoms with Gasteiger partial charge in [0.05, 0.1) is 12.1 Å². The largest absolute Gasteiger partial charge is 0.385 e. The molecule has 1 saturated carbocycles. The molecule has 0 radical (unpaired) electrons. The number of amides is 1. The number of hydrogen-bond donors (Lipinski definition) is 2. The minimum absolute atomic E-state index is 0.0889.